The first-order valence-corrected chi connectivity index (χ1v) is 6.87. The average molecular weight is 297 g/mol. The van der Waals surface area contributed by atoms with Gasteiger partial charge in [-0.3, -0.25) is 4.79 Å². The lowest BCUT2D eigenvalue weighted by atomic mass is 10.1. The number of hydrogen-bond donors (Lipinski definition) is 2. The van der Waals surface area contributed by atoms with Gasteiger partial charge in [0.05, 0.1) is 26.9 Å². The molecule has 0 aliphatic heterocycles. The summed E-state index contributed by atoms with van der Waals surface area (Å²) in [5, 5.41) is 11.5. The summed E-state index contributed by atoms with van der Waals surface area (Å²) in [4.78, 5) is 12.2. The third-order valence-corrected chi connectivity index (χ3v) is 3.07. The third kappa shape index (κ3) is 4.82. The number of aliphatic hydroxyl groups is 1. The molecule has 0 radical (unpaired) electrons. The lowest BCUT2D eigenvalue weighted by Gasteiger charge is -2.14. The summed E-state index contributed by atoms with van der Waals surface area (Å²) in [6, 6.07) is 3.22. The number of methoxy groups -OCH3 is 3. The van der Waals surface area contributed by atoms with Crippen LogP contribution in [0, 0.1) is 0 Å². The van der Waals surface area contributed by atoms with E-state index in [2.05, 4.69) is 5.32 Å². The lowest BCUT2D eigenvalue weighted by Crippen LogP contribution is -2.25. The van der Waals surface area contributed by atoms with Crippen molar-refractivity contribution in [3.63, 3.8) is 0 Å². The molecule has 1 aromatic rings. The van der Waals surface area contributed by atoms with Gasteiger partial charge < -0.3 is 24.6 Å². The van der Waals surface area contributed by atoms with Crippen LogP contribution in [0.3, 0.4) is 0 Å². The summed E-state index contributed by atoms with van der Waals surface area (Å²) >= 11 is 0. The van der Waals surface area contributed by atoms with Gasteiger partial charge in [0.1, 0.15) is 5.75 Å². The molecule has 6 nitrogen and oxygen atoms in total. The molecule has 0 heterocycles. The maximum Gasteiger partial charge on any atom is 0.255 e. The second-order valence-corrected chi connectivity index (χ2v) is 4.45. The molecule has 21 heavy (non-hydrogen) atoms. The van der Waals surface area contributed by atoms with E-state index < -0.39 is 0 Å². The Kier molecular flexibility index (Phi) is 7.39. The van der Waals surface area contributed by atoms with E-state index in [1.165, 1.54) is 21.3 Å². The van der Waals surface area contributed by atoms with E-state index in [1.807, 2.05) is 0 Å². The number of ether oxygens (including phenoxy) is 3. The van der Waals surface area contributed by atoms with Gasteiger partial charge in [-0.15, -0.1) is 0 Å². The predicted octanol–water partition coefficient (Wildman–Crippen LogP) is 1.60. The van der Waals surface area contributed by atoms with Gasteiger partial charge in [-0.05, 0) is 19.3 Å². The molecule has 0 aliphatic rings. The fraction of sp³-hybridized carbons (Fsp3) is 0.533. The van der Waals surface area contributed by atoms with Gasteiger partial charge in [0.2, 0.25) is 0 Å². The summed E-state index contributed by atoms with van der Waals surface area (Å²) in [6.07, 6.45) is 2.44. The van der Waals surface area contributed by atoms with E-state index in [4.69, 9.17) is 19.3 Å². The molecule has 0 fully saturated rings. The second kappa shape index (κ2) is 9.07. The molecule has 0 saturated carbocycles. The number of nitrogens with one attached hydrogen (secondary N) is 1. The molecule has 118 valence electrons. The predicted molar refractivity (Wildman–Crippen MR) is 79.4 cm³/mol. The molecule has 6 heteroatoms. The number of carbonyl (C=O) groups is 1. The van der Waals surface area contributed by atoms with E-state index in [0.29, 0.717) is 29.4 Å². The summed E-state index contributed by atoms with van der Waals surface area (Å²) < 4.78 is 15.6. The first-order valence-electron chi connectivity index (χ1n) is 6.87. The Morgan fingerprint density at radius 2 is 1.62 bits per heavy atom. The number of rotatable bonds is 9. The number of aliphatic hydroxyl groups excluding tert-OH is 1. The van der Waals surface area contributed by atoms with Gasteiger partial charge in [0.25, 0.3) is 5.91 Å². The van der Waals surface area contributed by atoms with Crippen LogP contribution in [-0.2, 0) is 0 Å². The molecular formula is C15H23NO5. The Morgan fingerprint density at radius 3 is 2.19 bits per heavy atom. The fourth-order valence-corrected chi connectivity index (χ4v) is 1.92. The van der Waals surface area contributed by atoms with Crippen LogP contribution in [0.5, 0.6) is 17.2 Å². The highest BCUT2D eigenvalue weighted by Crippen LogP contribution is 2.34. The number of carbonyl (C=O) groups excluding carboxylic acids is 1. The zero-order chi connectivity index (χ0) is 15.7. The SMILES string of the molecule is COc1cc(OC)c(C(=O)NCCCCCO)cc1OC. The minimum atomic E-state index is -0.225. The molecule has 0 aromatic heterocycles. The monoisotopic (exact) mass is 297 g/mol. The topological polar surface area (TPSA) is 77.0 Å². The van der Waals surface area contributed by atoms with Crippen molar-refractivity contribution in [3.05, 3.63) is 17.7 Å². The van der Waals surface area contributed by atoms with Crippen molar-refractivity contribution in [1.82, 2.24) is 5.32 Å². The Labute approximate surface area is 125 Å². The summed E-state index contributed by atoms with van der Waals surface area (Å²) in [7, 11) is 4.54. The maximum atomic E-state index is 12.2. The van der Waals surface area contributed by atoms with Crippen LogP contribution in [0.2, 0.25) is 0 Å². The van der Waals surface area contributed by atoms with E-state index >= 15 is 0 Å². The van der Waals surface area contributed by atoms with Gasteiger partial charge in [-0.25, -0.2) is 0 Å². The molecule has 1 aromatic carbocycles. The highest BCUT2D eigenvalue weighted by Gasteiger charge is 2.17. The molecule has 0 saturated heterocycles. The van der Waals surface area contributed by atoms with Gasteiger partial charge in [-0.1, -0.05) is 0 Å². The fourth-order valence-electron chi connectivity index (χ4n) is 1.92. The van der Waals surface area contributed by atoms with E-state index in [9.17, 15) is 4.79 Å². The van der Waals surface area contributed by atoms with Crippen LogP contribution in [0.4, 0.5) is 0 Å². The summed E-state index contributed by atoms with van der Waals surface area (Å²) in [5.74, 6) is 1.19. The highest BCUT2D eigenvalue weighted by molar-refractivity contribution is 5.97. The van der Waals surface area contributed by atoms with Crippen LogP contribution < -0.4 is 19.5 Å². The molecule has 0 spiro atoms. The van der Waals surface area contributed by atoms with Crippen LogP contribution >= 0.6 is 0 Å². The molecule has 0 unspecified atom stereocenters. The normalized spacial score (nSPS) is 10.1. The Bertz CT molecular complexity index is 462. The van der Waals surface area contributed by atoms with Gasteiger partial charge in [0, 0.05) is 25.3 Å². The number of unbranched alkanes of at least 4 members (excludes halogenated alkanes) is 2. The largest absolute Gasteiger partial charge is 0.496 e. The number of benzene rings is 1. The summed E-state index contributed by atoms with van der Waals surface area (Å²) in [6.45, 7) is 0.730. The molecule has 2 N–H and O–H groups in total. The van der Waals surface area contributed by atoms with Crippen molar-refractivity contribution in [3.8, 4) is 17.2 Å². The van der Waals surface area contributed by atoms with Crippen LogP contribution in [0.15, 0.2) is 12.1 Å². The highest BCUT2D eigenvalue weighted by atomic mass is 16.5. The van der Waals surface area contributed by atoms with Gasteiger partial charge in [0.15, 0.2) is 11.5 Å². The van der Waals surface area contributed by atoms with Crippen molar-refractivity contribution < 1.29 is 24.1 Å². The van der Waals surface area contributed by atoms with E-state index in [0.717, 1.165) is 19.3 Å². The Balaban J connectivity index is 2.77. The minimum Gasteiger partial charge on any atom is -0.496 e. The standard InChI is InChI=1S/C15H23NO5/c1-19-12-10-14(21-3)13(20-2)9-11(12)15(18)16-7-5-4-6-8-17/h9-10,17H,4-8H2,1-3H3,(H,16,18). The van der Waals surface area contributed by atoms with Crippen molar-refractivity contribution in [2.75, 3.05) is 34.5 Å². The van der Waals surface area contributed by atoms with Crippen LogP contribution in [-0.4, -0.2) is 45.5 Å². The van der Waals surface area contributed by atoms with E-state index in [-0.39, 0.29) is 12.5 Å². The molecular weight excluding hydrogens is 274 g/mol. The molecule has 1 amide bonds. The molecule has 1 rings (SSSR count). The number of amides is 1. The van der Waals surface area contributed by atoms with E-state index in [1.54, 1.807) is 12.1 Å². The van der Waals surface area contributed by atoms with Gasteiger partial charge >= 0.3 is 0 Å². The smallest absolute Gasteiger partial charge is 0.255 e. The molecule has 0 aliphatic carbocycles. The Morgan fingerprint density at radius 1 is 1.00 bits per heavy atom. The first kappa shape index (κ1) is 17.1. The summed E-state index contributed by atoms with van der Waals surface area (Å²) in [5.41, 5.74) is 0.400. The zero-order valence-corrected chi connectivity index (χ0v) is 12.8. The maximum absolute atomic E-state index is 12.2. The van der Waals surface area contributed by atoms with Crippen molar-refractivity contribution in [2.24, 2.45) is 0 Å². The molecule has 0 atom stereocenters. The van der Waals surface area contributed by atoms with Gasteiger partial charge in [-0.2, -0.15) is 0 Å². The third-order valence-electron chi connectivity index (χ3n) is 3.07. The van der Waals surface area contributed by atoms with Crippen molar-refractivity contribution in [1.29, 1.82) is 0 Å². The quantitative estimate of drug-likeness (QED) is 0.677. The molecule has 0 bridgehead atoms. The average Bonchev–Trinajstić information content (AvgIpc) is 2.52. The number of hydrogen-bond acceptors (Lipinski definition) is 5. The lowest BCUT2D eigenvalue weighted by molar-refractivity contribution is 0.0949. The van der Waals surface area contributed by atoms with Crippen molar-refractivity contribution >= 4 is 5.91 Å². The second-order valence-electron chi connectivity index (χ2n) is 4.45. The van der Waals surface area contributed by atoms with Crippen LogP contribution in [0.1, 0.15) is 29.6 Å². The minimum absolute atomic E-state index is 0.178. The zero-order valence-electron chi connectivity index (χ0n) is 12.8. The first-order chi connectivity index (χ1) is 10.2. The van der Waals surface area contributed by atoms with Crippen molar-refractivity contribution in [2.45, 2.75) is 19.3 Å². The Hall–Kier alpha value is -1.95. The van der Waals surface area contributed by atoms with Crippen LogP contribution in [0.25, 0.3) is 0 Å².